The summed E-state index contributed by atoms with van der Waals surface area (Å²) in [5.74, 6) is -1.67. The highest BCUT2D eigenvalue weighted by Crippen LogP contribution is 2.51. The Labute approximate surface area is 343 Å². The third kappa shape index (κ3) is 7.55. The SMILES string of the molecule is CC[C@@]1(O)C(=O)OCc2c1cc1cc(c2=O)Cc2c-1cc1cc3c(c4c1c2[C@@H](NC(=O)COCNC(=O)CNC(=O)[C@H](Cc1ccccc1)NC(=O)CC=N)CC4)OCO3. The highest BCUT2D eigenvalue weighted by Gasteiger charge is 2.45. The van der Waals surface area contributed by atoms with Gasteiger partial charge in [0.15, 0.2) is 22.5 Å². The minimum atomic E-state index is -1.98. The molecule has 60 heavy (non-hydrogen) atoms. The first-order valence-corrected chi connectivity index (χ1v) is 19.7. The molecule has 2 bridgehead atoms. The number of hydrogen-bond acceptors (Lipinski definition) is 12. The van der Waals surface area contributed by atoms with E-state index in [1.807, 2.05) is 30.3 Å². The van der Waals surface area contributed by atoms with E-state index in [0.717, 1.165) is 44.8 Å². The summed E-state index contributed by atoms with van der Waals surface area (Å²) in [5, 5.41) is 31.1. The van der Waals surface area contributed by atoms with E-state index in [4.69, 9.17) is 24.4 Å². The molecule has 0 fully saturated rings. The summed E-state index contributed by atoms with van der Waals surface area (Å²) in [6.45, 7) is 0.341. The van der Waals surface area contributed by atoms with Crippen LogP contribution in [0.3, 0.4) is 0 Å². The van der Waals surface area contributed by atoms with Gasteiger partial charge in [-0.3, -0.25) is 24.0 Å². The molecule has 8 rings (SSSR count). The van der Waals surface area contributed by atoms with Crippen LogP contribution in [0.5, 0.6) is 11.5 Å². The summed E-state index contributed by atoms with van der Waals surface area (Å²) >= 11 is 0. The van der Waals surface area contributed by atoms with Crippen LogP contribution in [0, 0.1) is 5.41 Å². The molecule has 2 heterocycles. The molecule has 0 radical (unpaired) electrons. The summed E-state index contributed by atoms with van der Waals surface area (Å²) in [6.07, 6.45) is 2.22. The lowest BCUT2D eigenvalue weighted by molar-refractivity contribution is -0.172. The van der Waals surface area contributed by atoms with E-state index in [9.17, 15) is 33.9 Å². The number of benzene rings is 3. The quantitative estimate of drug-likeness (QED) is 0.0412. The molecular formula is C44H43N5O11. The number of carbonyl (C=O) groups excluding carboxylic acids is 5. The Morgan fingerprint density at radius 2 is 1.80 bits per heavy atom. The van der Waals surface area contributed by atoms with Gasteiger partial charge in [-0.25, -0.2) is 4.79 Å². The van der Waals surface area contributed by atoms with E-state index >= 15 is 0 Å². The first kappa shape index (κ1) is 40.1. The third-order valence-electron chi connectivity index (χ3n) is 11.5. The molecule has 0 saturated carbocycles. The zero-order valence-corrected chi connectivity index (χ0v) is 32.7. The van der Waals surface area contributed by atoms with Gasteiger partial charge in [-0.15, -0.1) is 0 Å². The van der Waals surface area contributed by atoms with Crippen molar-refractivity contribution in [2.24, 2.45) is 0 Å². The molecule has 0 spiro atoms. The van der Waals surface area contributed by atoms with Gasteiger partial charge in [-0.1, -0.05) is 37.3 Å². The number of aliphatic hydroxyl groups is 1. The maximum atomic E-state index is 14.0. The number of rotatable bonds is 14. The van der Waals surface area contributed by atoms with Gasteiger partial charge in [0.05, 0.1) is 19.0 Å². The van der Waals surface area contributed by atoms with Crippen molar-refractivity contribution in [3.63, 3.8) is 0 Å². The summed E-state index contributed by atoms with van der Waals surface area (Å²) in [5.41, 5.74) is 3.45. The van der Waals surface area contributed by atoms with Crippen LogP contribution in [0.25, 0.3) is 21.9 Å². The lowest BCUT2D eigenvalue weighted by atomic mass is 9.76. The van der Waals surface area contributed by atoms with Gasteiger partial charge in [0, 0.05) is 41.3 Å². The zero-order chi connectivity index (χ0) is 42.1. The van der Waals surface area contributed by atoms with Gasteiger partial charge in [0.25, 0.3) is 0 Å². The average molecular weight is 818 g/mol. The van der Waals surface area contributed by atoms with Crippen LogP contribution in [0.2, 0.25) is 0 Å². The summed E-state index contributed by atoms with van der Waals surface area (Å²) < 4.78 is 22.5. The molecule has 16 heteroatoms. The van der Waals surface area contributed by atoms with Crippen LogP contribution in [0.1, 0.15) is 71.2 Å². The fourth-order valence-electron chi connectivity index (χ4n) is 8.57. The van der Waals surface area contributed by atoms with Crippen molar-refractivity contribution in [3.8, 4) is 22.6 Å². The summed E-state index contributed by atoms with van der Waals surface area (Å²) in [7, 11) is 0. The second-order valence-corrected chi connectivity index (χ2v) is 15.1. The molecule has 2 aliphatic heterocycles. The number of nitrogens with one attached hydrogen (secondary N) is 5. The molecule has 3 atom stereocenters. The largest absolute Gasteiger partial charge is 0.458 e. The van der Waals surface area contributed by atoms with Crippen LogP contribution in [0.15, 0.2) is 59.4 Å². The third-order valence-corrected chi connectivity index (χ3v) is 11.5. The van der Waals surface area contributed by atoms with Crippen molar-refractivity contribution in [2.45, 2.75) is 69.7 Å². The molecule has 310 valence electrons. The number of fused-ring (bicyclic) bond motifs is 8. The van der Waals surface area contributed by atoms with Crippen LogP contribution >= 0.6 is 0 Å². The molecule has 0 saturated heterocycles. The van der Waals surface area contributed by atoms with E-state index in [1.54, 1.807) is 31.2 Å². The minimum absolute atomic E-state index is 0.0140. The Bertz CT molecular complexity index is 2530. The van der Waals surface area contributed by atoms with Crippen LogP contribution < -0.4 is 36.2 Å². The molecule has 4 amide bonds. The molecule has 16 nitrogen and oxygen atoms in total. The number of amides is 4. The number of cyclic esters (lactones) is 1. The smallest absolute Gasteiger partial charge is 0.343 e. The number of ether oxygens (including phenoxy) is 4. The Morgan fingerprint density at radius 1 is 0.983 bits per heavy atom. The van der Waals surface area contributed by atoms with Crippen LogP contribution in [0.4, 0.5) is 0 Å². The fraction of sp³-hybridized carbons (Fsp3) is 0.341. The maximum absolute atomic E-state index is 14.0. The Balaban J connectivity index is 0.966. The maximum Gasteiger partial charge on any atom is 0.343 e. The van der Waals surface area contributed by atoms with E-state index in [0.29, 0.717) is 35.5 Å². The van der Waals surface area contributed by atoms with E-state index < -0.39 is 60.4 Å². The highest BCUT2D eigenvalue weighted by molar-refractivity contribution is 6.00. The van der Waals surface area contributed by atoms with Gasteiger partial charge < -0.3 is 50.7 Å². The minimum Gasteiger partial charge on any atom is -0.458 e. The Kier molecular flexibility index (Phi) is 11.1. The molecule has 0 aromatic heterocycles. The van der Waals surface area contributed by atoms with Gasteiger partial charge >= 0.3 is 5.97 Å². The fourth-order valence-corrected chi connectivity index (χ4v) is 8.57. The van der Waals surface area contributed by atoms with E-state index in [2.05, 4.69) is 21.3 Å². The Hall–Kier alpha value is -6.65. The molecule has 4 aromatic carbocycles. The molecular weight excluding hydrogens is 775 g/mol. The van der Waals surface area contributed by atoms with E-state index in [-0.39, 0.29) is 62.4 Å². The number of aryl methyl sites for hydroxylation is 1. The average Bonchev–Trinajstić information content (AvgIpc) is 3.68. The molecule has 6 N–H and O–H groups in total. The Morgan fingerprint density at radius 3 is 2.58 bits per heavy atom. The topological polar surface area (TPSA) is 232 Å². The van der Waals surface area contributed by atoms with Crippen molar-refractivity contribution in [2.75, 3.05) is 26.7 Å². The molecule has 2 aliphatic carbocycles. The number of hydrogen-bond donors (Lipinski definition) is 6. The van der Waals surface area contributed by atoms with Gasteiger partial charge in [0.1, 0.15) is 26.0 Å². The number of carbonyl (C=O) groups is 5. The normalized spacial score (nSPS) is 18.3. The van der Waals surface area contributed by atoms with Crippen LogP contribution in [-0.2, 0) is 64.9 Å². The van der Waals surface area contributed by atoms with Crippen molar-refractivity contribution in [1.82, 2.24) is 21.3 Å². The first-order chi connectivity index (χ1) is 29.0. The second kappa shape index (κ2) is 16.5. The van der Waals surface area contributed by atoms with Gasteiger partial charge in [-0.05, 0) is 82.1 Å². The first-order valence-electron chi connectivity index (χ1n) is 19.7. The monoisotopic (exact) mass is 817 g/mol. The van der Waals surface area contributed by atoms with Crippen molar-refractivity contribution in [3.05, 3.63) is 104 Å². The molecule has 0 unspecified atom stereocenters. The van der Waals surface area contributed by atoms with E-state index in [1.165, 1.54) is 0 Å². The second-order valence-electron chi connectivity index (χ2n) is 15.1. The zero-order valence-electron chi connectivity index (χ0n) is 32.7. The van der Waals surface area contributed by atoms with Crippen molar-refractivity contribution < 1.29 is 48.0 Å². The predicted octanol–water partition coefficient (Wildman–Crippen LogP) is 2.23. The van der Waals surface area contributed by atoms with Gasteiger partial charge in [-0.2, -0.15) is 0 Å². The highest BCUT2D eigenvalue weighted by atomic mass is 16.7. The molecule has 4 aliphatic rings. The lowest BCUT2D eigenvalue weighted by Gasteiger charge is -2.32. The summed E-state index contributed by atoms with van der Waals surface area (Å²) in [4.78, 5) is 78.1. The predicted molar refractivity (Wildman–Crippen MR) is 215 cm³/mol. The van der Waals surface area contributed by atoms with Gasteiger partial charge in [0.2, 0.25) is 30.4 Å². The van der Waals surface area contributed by atoms with Crippen LogP contribution in [-0.4, -0.2) is 73.6 Å². The van der Waals surface area contributed by atoms with Crippen molar-refractivity contribution in [1.29, 1.82) is 5.41 Å². The van der Waals surface area contributed by atoms with Crippen molar-refractivity contribution >= 4 is 46.6 Å². The molecule has 4 aromatic rings. The summed E-state index contributed by atoms with van der Waals surface area (Å²) in [6, 6.07) is 15.0. The standard InChI is InChI=1S/C44H43N5O11/c1-2-44(56)31-16-24-13-26(40(53)30(31)19-58-43(44)55)15-29-28(24)14-25-17-34-41(60-22-59-34)27-8-9-32(39(29)38(25)27)48-37(52)20-57-21-47-36(51)18-46-42(54)33(49-35(50)10-11-45)12-23-6-4-3-5-7-23/h3-7,11,13-14,16-17,32-33,45,56H,2,8-10,12,15,18-22H2,1H3,(H,46,54)(H,47,51)(H,48,52)(H,49,50)/t32-,33-,44-/m0/s1. The lowest BCUT2D eigenvalue weighted by Crippen LogP contribution is -2.50. The number of esters is 1.